The van der Waals surface area contributed by atoms with Crippen LogP contribution in [0.4, 0.5) is 5.69 Å². The summed E-state index contributed by atoms with van der Waals surface area (Å²) in [6.07, 6.45) is 5.96. The van der Waals surface area contributed by atoms with E-state index in [1.807, 2.05) is 6.07 Å². The van der Waals surface area contributed by atoms with Gasteiger partial charge < -0.3 is 14.6 Å². The third-order valence-electron chi connectivity index (χ3n) is 7.80. The van der Waals surface area contributed by atoms with Crippen LogP contribution >= 0.6 is 0 Å². The summed E-state index contributed by atoms with van der Waals surface area (Å²) in [5.41, 5.74) is 6.80. The number of anilines is 1. The van der Waals surface area contributed by atoms with Crippen molar-refractivity contribution in [3.63, 3.8) is 0 Å². The van der Waals surface area contributed by atoms with Gasteiger partial charge in [-0.1, -0.05) is 92.1 Å². The van der Waals surface area contributed by atoms with Gasteiger partial charge in [0.2, 0.25) is 0 Å². The fraction of sp³-hybridized carbons (Fsp3) is 0.235. The largest absolute Gasteiger partial charge is 0.478 e. The van der Waals surface area contributed by atoms with Crippen LogP contribution in [-0.2, 0) is 13.1 Å². The van der Waals surface area contributed by atoms with Gasteiger partial charge in [-0.05, 0) is 54.3 Å². The predicted octanol–water partition coefficient (Wildman–Crippen LogP) is 8.11. The first-order valence-electron chi connectivity index (χ1n) is 13.8. The van der Waals surface area contributed by atoms with Gasteiger partial charge in [0.25, 0.3) is 0 Å². The average Bonchev–Trinajstić information content (AvgIpc) is 3.37. The molecule has 5 aromatic rings. The average molecular weight is 516 g/mol. The summed E-state index contributed by atoms with van der Waals surface area (Å²) in [5, 5.41) is 9.53. The van der Waals surface area contributed by atoms with Crippen molar-refractivity contribution < 1.29 is 9.90 Å². The van der Waals surface area contributed by atoms with Crippen molar-refractivity contribution in [2.75, 3.05) is 4.90 Å². The van der Waals surface area contributed by atoms with Crippen LogP contribution in [-0.4, -0.2) is 20.6 Å². The monoisotopic (exact) mass is 515 g/mol. The molecule has 39 heavy (non-hydrogen) atoms. The van der Waals surface area contributed by atoms with Crippen molar-refractivity contribution in [3.05, 3.63) is 120 Å². The molecule has 5 nitrogen and oxygen atoms in total. The van der Waals surface area contributed by atoms with Gasteiger partial charge >= 0.3 is 5.97 Å². The highest BCUT2D eigenvalue weighted by Crippen LogP contribution is 2.36. The van der Waals surface area contributed by atoms with Crippen LogP contribution in [0.2, 0.25) is 0 Å². The van der Waals surface area contributed by atoms with E-state index in [0.29, 0.717) is 6.04 Å². The van der Waals surface area contributed by atoms with E-state index in [-0.39, 0.29) is 5.56 Å². The van der Waals surface area contributed by atoms with Crippen molar-refractivity contribution in [1.29, 1.82) is 0 Å². The van der Waals surface area contributed by atoms with Gasteiger partial charge in [-0.25, -0.2) is 9.78 Å². The molecular formula is C34H33N3O2. The topological polar surface area (TPSA) is 58.4 Å². The first kappa shape index (κ1) is 24.9. The summed E-state index contributed by atoms with van der Waals surface area (Å²) in [6.45, 7) is 1.62. The van der Waals surface area contributed by atoms with Crippen molar-refractivity contribution in [1.82, 2.24) is 9.55 Å². The summed E-state index contributed by atoms with van der Waals surface area (Å²) in [6, 6.07) is 35.6. The Labute approximate surface area is 229 Å². The lowest BCUT2D eigenvalue weighted by Gasteiger charge is -2.26. The van der Waals surface area contributed by atoms with Gasteiger partial charge in [0, 0.05) is 30.4 Å². The minimum atomic E-state index is -0.923. The molecule has 4 aromatic carbocycles. The molecule has 1 aliphatic carbocycles. The fourth-order valence-corrected chi connectivity index (χ4v) is 5.80. The Kier molecular flexibility index (Phi) is 7.13. The Morgan fingerprint density at radius 3 is 2.10 bits per heavy atom. The van der Waals surface area contributed by atoms with Crippen molar-refractivity contribution in [3.8, 4) is 11.4 Å². The van der Waals surface area contributed by atoms with Crippen molar-refractivity contribution in [2.45, 2.75) is 51.2 Å². The van der Waals surface area contributed by atoms with E-state index in [0.717, 1.165) is 48.4 Å². The van der Waals surface area contributed by atoms with E-state index in [9.17, 15) is 9.90 Å². The quantitative estimate of drug-likeness (QED) is 0.227. The van der Waals surface area contributed by atoms with Crippen LogP contribution in [0.5, 0.6) is 0 Å². The number of rotatable bonds is 8. The van der Waals surface area contributed by atoms with Gasteiger partial charge in [-0.15, -0.1) is 0 Å². The number of para-hydroxylation sites is 1. The highest BCUT2D eigenvalue weighted by molar-refractivity contribution is 5.93. The van der Waals surface area contributed by atoms with E-state index >= 15 is 0 Å². The number of aromatic carboxylic acids is 1. The lowest BCUT2D eigenvalue weighted by Crippen LogP contribution is -2.22. The van der Waals surface area contributed by atoms with Gasteiger partial charge in [0.15, 0.2) is 0 Å². The molecule has 1 aliphatic rings. The molecule has 0 radical (unpaired) electrons. The molecule has 5 heteroatoms. The van der Waals surface area contributed by atoms with Crippen LogP contribution in [0.25, 0.3) is 22.4 Å². The number of carbonyl (C=O) groups is 1. The summed E-state index contributed by atoms with van der Waals surface area (Å²) in [4.78, 5) is 19.0. The third kappa shape index (κ3) is 5.44. The molecule has 1 aromatic heterocycles. The number of aromatic nitrogens is 2. The predicted molar refractivity (Wildman–Crippen MR) is 157 cm³/mol. The minimum absolute atomic E-state index is 0.275. The molecule has 1 saturated carbocycles. The minimum Gasteiger partial charge on any atom is -0.478 e. The summed E-state index contributed by atoms with van der Waals surface area (Å²) >= 11 is 0. The Balaban J connectivity index is 1.33. The molecule has 196 valence electrons. The van der Waals surface area contributed by atoms with Crippen molar-refractivity contribution in [2.24, 2.45) is 0 Å². The Morgan fingerprint density at radius 1 is 0.795 bits per heavy atom. The maximum atomic E-state index is 11.6. The molecule has 0 unspecified atom stereocenters. The lowest BCUT2D eigenvalue weighted by atomic mass is 9.94. The second-order valence-electron chi connectivity index (χ2n) is 10.5. The van der Waals surface area contributed by atoms with Gasteiger partial charge in [-0.2, -0.15) is 0 Å². The number of hydrogen-bond donors (Lipinski definition) is 1. The van der Waals surface area contributed by atoms with Crippen LogP contribution in [0.3, 0.4) is 0 Å². The Bertz CT molecular complexity index is 1550. The fourth-order valence-electron chi connectivity index (χ4n) is 5.80. The zero-order valence-electron chi connectivity index (χ0n) is 22.0. The summed E-state index contributed by atoms with van der Waals surface area (Å²) in [7, 11) is 0. The zero-order valence-corrected chi connectivity index (χ0v) is 22.0. The summed E-state index contributed by atoms with van der Waals surface area (Å²) < 4.78 is 2.36. The van der Waals surface area contributed by atoms with E-state index in [1.165, 1.54) is 36.1 Å². The maximum absolute atomic E-state index is 11.6. The van der Waals surface area contributed by atoms with E-state index in [2.05, 4.69) is 94.4 Å². The zero-order chi connectivity index (χ0) is 26.6. The molecule has 6 rings (SSSR count). The third-order valence-corrected chi connectivity index (χ3v) is 7.80. The number of carboxylic acid groups (broad SMARTS) is 1. The first-order chi connectivity index (χ1) is 19.2. The number of benzene rings is 4. The standard InChI is InChI=1S/C34H33N3O2/c38-34(39)28-20-21-32-31(22-28)35-33(37(32)30-14-8-3-9-15-30)27-18-16-26(17-19-27)24-36(29-12-6-2-7-13-29)23-25-10-4-1-5-11-25/h1-2,4-7,10-13,16-22,30H,3,8-9,14-15,23-24H2,(H,38,39). The van der Waals surface area contributed by atoms with Crippen LogP contribution in [0, 0.1) is 0 Å². The second-order valence-corrected chi connectivity index (χ2v) is 10.5. The van der Waals surface area contributed by atoms with E-state index in [1.54, 1.807) is 12.1 Å². The maximum Gasteiger partial charge on any atom is 0.335 e. The van der Waals surface area contributed by atoms with E-state index < -0.39 is 5.97 Å². The van der Waals surface area contributed by atoms with Crippen LogP contribution in [0.1, 0.15) is 59.6 Å². The highest BCUT2D eigenvalue weighted by atomic mass is 16.4. The van der Waals surface area contributed by atoms with Gasteiger partial charge in [0.05, 0.1) is 16.6 Å². The molecule has 0 amide bonds. The molecule has 0 atom stereocenters. The van der Waals surface area contributed by atoms with Crippen LogP contribution < -0.4 is 4.90 Å². The SMILES string of the molecule is O=C(O)c1ccc2c(c1)nc(-c1ccc(CN(Cc3ccccc3)c3ccccc3)cc1)n2C1CCCCC1. The normalized spacial score (nSPS) is 13.9. The molecular weight excluding hydrogens is 482 g/mol. The molecule has 0 saturated heterocycles. The number of fused-ring (bicyclic) bond motifs is 1. The molecule has 1 heterocycles. The highest BCUT2D eigenvalue weighted by Gasteiger charge is 2.23. The van der Waals surface area contributed by atoms with Crippen molar-refractivity contribution >= 4 is 22.7 Å². The number of nitrogens with zero attached hydrogens (tertiary/aromatic N) is 3. The van der Waals surface area contributed by atoms with Gasteiger partial charge in [0.1, 0.15) is 5.82 Å². The first-order valence-corrected chi connectivity index (χ1v) is 13.8. The Hall–Kier alpha value is -4.38. The molecule has 0 bridgehead atoms. The molecule has 1 fully saturated rings. The lowest BCUT2D eigenvalue weighted by molar-refractivity contribution is 0.0697. The summed E-state index contributed by atoms with van der Waals surface area (Å²) in [5.74, 6) is 0.00341. The molecule has 1 N–H and O–H groups in total. The number of imidazole rings is 1. The smallest absolute Gasteiger partial charge is 0.335 e. The number of carboxylic acids is 1. The Morgan fingerprint density at radius 2 is 1.44 bits per heavy atom. The molecule has 0 aliphatic heterocycles. The van der Waals surface area contributed by atoms with Gasteiger partial charge in [-0.3, -0.25) is 0 Å². The molecule has 0 spiro atoms. The second kappa shape index (κ2) is 11.2. The number of hydrogen-bond acceptors (Lipinski definition) is 3. The van der Waals surface area contributed by atoms with E-state index in [4.69, 9.17) is 4.98 Å². The van der Waals surface area contributed by atoms with Crippen LogP contribution in [0.15, 0.2) is 103 Å².